The summed E-state index contributed by atoms with van der Waals surface area (Å²) in [4.78, 5) is 11.8. The Bertz CT molecular complexity index is 678. The lowest BCUT2D eigenvalue weighted by molar-refractivity contribution is -0.113. The third-order valence-electron chi connectivity index (χ3n) is 3.61. The van der Waals surface area contributed by atoms with Crippen LogP contribution < -0.4 is 5.32 Å². The molecule has 104 valence electrons. The fraction of sp³-hybridized carbons (Fsp3) is 0.333. The van der Waals surface area contributed by atoms with E-state index in [1.54, 1.807) is 11.8 Å². The molecule has 4 nitrogen and oxygen atoms in total. The molecule has 1 aromatic heterocycles. The van der Waals surface area contributed by atoms with Crippen molar-refractivity contribution in [2.45, 2.75) is 26.0 Å². The largest absolute Gasteiger partial charge is 0.308 e. The molecule has 0 aliphatic carbocycles. The Morgan fingerprint density at radius 1 is 1.30 bits per heavy atom. The second kappa shape index (κ2) is 4.98. The number of benzene rings is 1. The second-order valence-electron chi connectivity index (χ2n) is 5.21. The van der Waals surface area contributed by atoms with Crippen molar-refractivity contribution in [3.63, 3.8) is 0 Å². The van der Waals surface area contributed by atoms with Gasteiger partial charge in [-0.15, -0.1) is 11.8 Å². The number of H-pyrrole nitrogens is 1. The number of aromatic nitrogens is 2. The van der Waals surface area contributed by atoms with Gasteiger partial charge in [-0.05, 0) is 31.9 Å². The number of aromatic amines is 1. The van der Waals surface area contributed by atoms with Crippen molar-refractivity contribution >= 4 is 23.5 Å². The van der Waals surface area contributed by atoms with E-state index in [1.165, 1.54) is 16.7 Å². The van der Waals surface area contributed by atoms with E-state index in [1.807, 2.05) is 6.92 Å². The normalized spacial score (nSPS) is 18.4. The van der Waals surface area contributed by atoms with Crippen molar-refractivity contribution < 1.29 is 4.79 Å². The first-order chi connectivity index (χ1) is 9.56. The molecule has 1 aliphatic rings. The van der Waals surface area contributed by atoms with E-state index in [-0.39, 0.29) is 11.2 Å². The third kappa shape index (κ3) is 2.22. The van der Waals surface area contributed by atoms with Gasteiger partial charge in [-0.25, -0.2) is 0 Å². The quantitative estimate of drug-likeness (QED) is 0.847. The molecule has 0 bridgehead atoms. The number of carbonyl (C=O) groups is 1. The third-order valence-corrected chi connectivity index (χ3v) is 4.86. The summed E-state index contributed by atoms with van der Waals surface area (Å²) in [6.45, 7) is 6.21. The van der Waals surface area contributed by atoms with E-state index in [9.17, 15) is 4.79 Å². The van der Waals surface area contributed by atoms with Crippen molar-refractivity contribution in [2.75, 3.05) is 11.1 Å². The molecule has 1 aromatic carbocycles. The van der Waals surface area contributed by atoms with E-state index in [4.69, 9.17) is 0 Å². The average molecular weight is 287 g/mol. The van der Waals surface area contributed by atoms with Gasteiger partial charge in [0.2, 0.25) is 5.91 Å². The van der Waals surface area contributed by atoms with Gasteiger partial charge in [0.15, 0.2) is 5.82 Å². The van der Waals surface area contributed by atoms with Gasteiger partial charge in [-0.3, -0.25) is 9.89 Å². The molecule has 0 radical (unpaired) electrons. The molecule has 3 rings (SSSR count). The lowest BCUT2D eigenvalue weighted by Crippen LogP contribution is -2.12. The van der Waals surface area contributed by atoms with Crippen LogP contribution in [0.15, 0.2) is 18.2 Å². The summed E-state index contributed by atoms with van der Waals surface area (Å²) in [5.74, 6) is 1.13. The predicted octanol–water partition coefficient (Wildman–Crippen LogP) is 3.11. The molecule has 1 aliphatic heterocycles. The Hall–Kier alpha value is -1.75. The number of nitrogens with zero attached hydrogens (tertiary/aromatic N) is 1. The second-order valence-corrected chi connectivity index (χ2v) is 6.30. The Labute approximate surface area is 122 Å². The highest BCUT2D eigenvalue weighted by Gasteiger charge is 2.28. The molecule has 20 heavy (non-hydrogen) atoms. The first kappa shape index (κ1) is 13.2. The van der Waals surface area contributed by atoms with Crippen LogP contribution in [0.2, 0.25) is 0 Å². The number of amides is 1. The average Bonchev–Trinajstić information content (AvgIpc) is 2.67. The zero-order chi connectivity index (χ0) is 14.3. The fourth-order valence-electron chi connectivity index (χ4n) is 2.55. The van der Waals surface area contributed by atoms with Crippen LogP contribution in [0.1, 0.15) is 33.2 Å². The molecule has 2 N–H and O–H groups in total. The van der Waals surface area contributed by atoms with Crippen molar-refractivity contribution in [3.8, 4) is 0 Å². The maximum Gasteiger partial charge on any atom is 0.235 e. The monoisotopic (exact) mass is 287 g/mol. The van der Waals surface area contributed by atoms with E-state index in [0.717, 1.165) is 11.3 Å². The summed E-state index contributed by atoms with van der Waals surface area (Å²) in [7, 11) is 0. The van der Waals surface area contributed by atoms with Gasteiger partial charge in [0.1, 0.15) is 0 Å². The Kier molecular flexibility index (Phi) is 3.30. The van der Waals surface area contributed by atoms with Gasteiger partial charge in [0.05, 0.1) is 11.0 Å². The van der Waals surface area contributed by atoms with E-state index < -0.39 is 0 Å². The van der Waals surface area contributed by atoms with Crippen LogP contribution in [-0.4, -0.2) is 21.9 Å². The summed E-state index contributed by atoms with van der Waals surface area (Å²) >= 11 is 1.66. The summed E-state index contributed by atoms with van der Waals surface area (Å²) in [6.07, 6.45) is 0. The molecule has 0 spiro atoms. The number of nitrogens with one attached hydrogen (secondary N) is 2. The van der Waals surface area contributed by atoms with Crippen LogP contribution in [0.4, 0.5) is 5.82 Å². The molecule has 1 amide bonds. The summed E-state index contributed by atoms with van der Waals surface area (Å²) in [5, 5.41) is 10.2. The minimum Gasteiger partial charge on any atom is -0.308 e. The Morgan fingerprint density at radius 3 is 2.90 bits per heavy atom. The lowest BCUT2D eigenvalue weighted by Gasteiger charge is -2.18. The Morgan fingerprint density at radius 2 is 2.10 bits per heavy atom. The topological polar surface area (TPSA) is 57.8 Å². The standard InChI is InChI=1S/C15H17N3OS/c1-8-4-5-9(2)11(6-8)14-13-10(3)17-18-15(13)16-12(19)7-20-14/h4-6,14H,7H2,1-3H3,(H2,16,17,18,19)/t14-/m0/s1. The number of fused-ring (bicyclic) bond motifs is 1. The van der Waals surface area contributed by atoms with Crippen molar-refractivity contribution in [2.24, 2.45) is 0 Å². The van der Waals surface area contributed by atoms with Crippen LogP contribution in [0.25, 0.3) is 0 Å². The highest BCUT2D eigenvalue weighted by atomic mass is 32.2. The zero-order valence-corrected chi connectivity index (χ0v) is 12.6. The SMILES string of the molecule is Cc1ccc(C)c([C@@H]2SCC(=O)Nc3n[nH]c(C)c32)c1. The first-order valence-electron chi connectivity index (χ1n) is 6.59. The number of hydrogen-bond donors (Lipinski definition) is 2. The van der Waals surface area contributed by atoms with Gasteiger partial charge >= 0.3 is 0 Å². The van der Waals surface area contributed by atoms with Gasteiger partial charge in [-0.1, -0.05) is 23.8 Å². The van der Waals surface area contributed by atoms with Gasteiger partial charge in [-0.2, -0.15) is 5.10 Å². The molecule has 2 heterocycles. The van der Waals surface area contributed by atoms with Crippen molar-refractivity contribution in [1.29, 1.82) is 0 Å². The van der Waals surface area contributed by atoms with Crippen LogP contribution in [0.3, 0.4) is 0 Å². The summed E-state index contributed by atoms with van der Waals surface area (Å²) in [5.41, 5.74) is 5.85. The number of hydrogen-bond acceptors (Lipinski definition) is 3. The molecule has 0 saturated heterocycles. The van der Waals surface area contributed by atoms with Crippen molar-refractivity contribution in [1.82, 2.24) is 10.2 Å². The number of rotatable bonds is 1. The summed E-state index contributed by atoms with van der Waals surface area (Å²) < 4.78 is 0. The first-order valence-corrected chi connectivity index (χ1v) is 7.64. The minimum atomic E-state index is 0.00977. The molecule has 2 aromatic rings. The molecule has 5 heteroatoms. The maximum atomic E-state index is 11.8. The molecule has 0 unspecified atom stereocenters. The highest BCUT2D eigenvalue weighted by molar-refractivity contribution is 8.00. The van der Waals surface area contributed by atoms with Gasteiger partial charge in [0, 0.05) is 11.3 Å². The van der Waals surface area contributed by atoms with Gasteiger partial charge < -0.3 is 5.32 Å². The van der Waals surface area contributed by atoms with E-state index in [0.29, 0.717) is 11.6 Å². The van der Waals surface area contributed by atoms with Crippen LogP contribution in [-0.2, 0) is 4.79 Å². The number of anilines is 1. The summed E-state index contributed by atoms with van der Waals surface area (Å²) in [6, 6.07) is 6.46. The van der Waals surface area contributed by atoms with Crippen LogP contribution in [0.5, 0.6) is 0 Å². The minimum absolute atomic E-state index is 0.00977. The fourth-order valence-corrected chi connectivity index (χ4v) is 3.83. The molecule has 0 fully saturated rings. The Balaban J connectivity index is 2.15. The maximum absolute atomic E-state index is 11.8. The molecular weight excluding hydrogens is 270 g/mol. The van der Waals surface area contributed by atoms with Crippen LogP contribution >= 0.6 is 11.8 Å². The number of carbonyl (C=O) groups excluding carboxylic acids is 1. The lowest BCUT2D eigenvalue weighted by atomic mass is 9.98. The number of aryl methyl sites for hydroxylation is 3. The molecule has 0 saturated carbocycles. The van der Waals surface area contributed by atoms with E-state index in [2.05, 4.69) is 47.6 Å². The predicted molar refractivity (Wildman–Crippen MR) is 82.2 cm³/mol. The molecule has 1 atom stereocenters. The molecular formula is C15H17N3OS. The van der Waals surface area contributed by atoms with E-state index >= 15 is 0 Å². The van der Waals surface area contributed by atoms with Gasteiger partial charge in [0.25, 0.3) is 0 Å². The highest BCUT2D eigenvalue weighted by Crippen LogP contribution is 2.43. The smallest absolute Gasteiger partial charge is 0.235 e. The number of thioether (sulfide) groups is 1. The van der Waals surface area contributed by atoms with Crippen LogP contribution in [0, 0.1) is 20.8 Å². The van der Waals surface area contributed by atoms with Crippen molar-refractivity contribution in [3.05, 3.63) is 46.1 Å². The zero-order valence-electron chi connectivity index (χ0n) is 11.8.